The Hall–Kier alpha value is -4.63. The third-order valence-electron chi connectivity index (χ3n) is 11.9. The first kappa shape index (κ1) is 43.9. The topological polar surface area (TPSA) is 140 Å². The first-order valence-corrected chi connectivity index (χ1v) is 21.9. The van der Waals surface area contributed by atoms with Crippen LogP contribution in [-0.2, 0) is 27.5 Å². The zero-order valence-electron chi connectivity index (χ0n) is 34.8. The van der Waals surface area contributed by atoms with Gasteiger partial charge in [-0.3, -0.25) is 24.2 Å². The van der Waals surface area contributed by atoms with E-state index in [1.807, 2.05) is 36.3 Å². The van der Waals surface area contributed by atoms with Crippen LogP contribution in [0.2, 0.25) is 0 Å². The molecular formula is C45H60N8O5S. The van der Waals surface area contributed by atoms with Crippen molar-refractivity contribution in [1.82, 2.24) is 29.4 Å². The summed E-state index contributed by atoms with van der Waals surface area (Å²) in [5.41, 5.74) is 3.47. The molecule has 316 valence electrons. The Morgan fingerprint density at radius 3 is 2.47 bits per heavy atom. The first-order chi connectivity index (χ1) is 28.7. The third-order valence-corrected chi connectivity index (χ3v) is 12.9. The van der Waals surface area contributed by atoms with Crippen molar-refractivity contribution in [3.63, 3.8) is 0 Å². The quantitative estimate of drug-likeness (QED) is 0.0780. The Morgan fingerprint density at radius 2 is 1.76 bits per heavy atom. The Labute approximate surface area is 353 Å². The van der Waals surface area contributed by atoms with E-state index in [1.54, 1.807) is 25.1 Å². The largest absolute Gasteiger partial charge is 0.490 e. The van der Waals surface area contributed by atoms with Gasteiger partial charge in [-0.1, -0.05) is 37.1 Å². The zero-order valence-corrected chi connectivity index (χ0v) is 35.6. The van der Waals surface area contributed by atoms with Crippen LogP contribution in [0.3, 0.4) is 0 Å². The summed E-state index contributed by atoms with van der Waals surface area (Å²) >= 11 is 1.78. The summed E-state index contributed by atoms with van der Waals surface area (Å²) in [6, 6.07) is 14.7. The minimum atomic E-state index is -0.414. The number of likely N-dealkylation sites (N-methyl/N-ethyl adjacent to an activating group) is 1. The third kappa shape index (κ3) is 12.7. The summed E-state index contributed by atoms with van der Waals surface area (Å²) in [6.07, 6.45) is 17.1. The van der Waals surface area contributed by atoms with Crippen LogP contribution < -0.4 is 20.3 Å². The summed E-state index contributed by atoms with van der Waals surface area (Å²) in [7, 11) is 5.54. The molecule has 3 fully saturated rings. The molecule has 3 aromatic rings. The highest BCUT2D eigenvalue weighted by Gasteiger charge is 2.26. The van der Waals surface area contributed by atoms with Crippen molar-refractivity contribution in [3.8, 4) is 5.75 Å². The van der Waals surface area contributed by atoms with Gasteiger partial charge in [-0.2, -0.15) is 4.98 Å². The molecule has 14 heteroatoms. The Balaban J connectivity index is 0.949. The smallest absolute Gasteiger partial charge is 0.224 e. The molecule has 1 amide bonds. The molecule has 0 spiro atoms. The lowest BCUT2D eigenvalue weighted by atomic mass is 10.0. The minimum absolute atomic E-state index is 0.0992. The molecule has 0 radical (unpaired) electrons. The van der Waals surface area contributed by atoms with E-state index < -0.39 is 6.04 Å². The predicted molar refractivity (Wildman–Crippen MR) is 234 cm³/mol. The highest BCUT2D eigenvalue weighted by Crippen LogP contribution is 2.32. The van der Waals surface area contributed by atoms with Gasteiger partial charge in [0, 0.05) is 94.1 Å². The van der Waals surface area contributed by atoms with E-state index in [0.29, 0.717) is 30.5 Å². The number of nitrogens with zero attached hydrogens (tertiary/aromatic N) is 6. The summed E-state index contributed by atoms with van der Waals surface area (Å²) in [4.78, 5) is 63.8. The van der Waals surface area contributed by atoms with Crippen LogP contribution in [-0.4, -0.2) is 120 Å². The second-order valence-corrected chi connectivity index (χ2v) is 17.2. The van der Waals surface area contributed by atoms with Crippen molar-refractivity contribution in [2.75, 3.05) is 57.5 Å². The van der Waals surface area contributed by atoms with Crippen molar-refractivity contribution in [3.05, 3.63) is 77.0 Å². The average molecular weight is 825 g/mol. The summed E-state index contributed by atoms with van der Waals surface area (Å²) < 4.78 is 8.94. The van der Waals surface area contributed by atoms with Crippen molar-refractivity contribution < 1.29 is 23.9 Å². The van der Waals surface area contributed by atoms with Crippen LogP contribution in [0.5, 0.6) is 5.75 Å². The molecule has 1 aromatic heterocycles. The van der Waals surface area contributed by atoms with Crippen molar-refractivity contribution in [1.29, 1.82) is 0 Å². The molecule has 1 aliphatic carbocycles. The Bertz CT molecular complexity index is 1890. The average Bonchev–Trinajstić information content (AvgIpc) is 3.80. The standard InChI is InChI=1S/C45H60N8O5S/c1-46-43(57)16-15-39(32-56)50(2)30-36-26-33(13-14-35(36)31-55)29-52-21-19-40(20-22-52)58-41-11-6-12-42(27-41)59-53-23-17-37(18-24-53)48-45-47-28-34(8-7-25-54)44(49-45)51(3)38-9-4-5-10-38/h6-8,11-14,25-28,31-32,37-40H,4-5,9-10,15-24,29-30H2,1-3H3,(H,46,57)(H,47,48,49)/b8-7-. The van der Waals surface area contributed by atoms with E-state index in [2.05, 4.69) is 61.0 Å². The highest BCUT2D eigenvalue weighted by atomic mass is 32.2. The van der Waals surface area contributed by atoms with E-state index in [4.69, 9.17) is 9.72 Å². The Kier molecular flexibility index (Phi) is 16.5. The molecular weight excluding hydrogens is 765 g/mol. The lowest BCUT2D eigenvalue weighted by molar-refractivity contribution is -0.121. The number of ether oxygens (including phenoxy) is 1. The van der Waals surface area contributed by atoms with E-state index in [1.165, 1.54) is 23.8 Å². The number of aromatic nitrogens is 2. The van der Waals surface area contributed by atoms with Gasteiger partial charge in [0.05, 0.1) is 6.04 Å². The molecule has 59 heavy (non-hydrogen) atoms. The number of carbonyl (C=O) groups is 4. The van der Waals surface area contributed by atoms with Crippen LogP contribution in [0, 0.1) is 0 Å². The molecule has 3 aliphatic rings. The molecule has 3 heterocycles. The fourth-order valence-electron chi connectivity index (χ4n) is 8.31. The van der Waals surface area contributed by atoms with Gasteiger partial charge in [0.25, 0.3) is 0 Å². The van der Waals surface area contributed by atoms with Crippen LogP contribution >= 0.6 is 11.9 Å². The number of nitrogens with one attached hydrogen (secondary N) is 2. The van der Waals surface area contributed by atoms with Gasteiger partial charge in [0.2, 0.25) is 11.9 Å². The first-order valence-electron chi connectivity index (χ1n) is 21.1. The van der Waals surface area contributed by atoms with Gasteiger partial charge in [-0.05, 0) is 105 Å². The number of hydrogen-bond acceptors (Lipinski definition) is 13. The number of allylic oxidation sites excluding steroid dienone is 1. The van der Waals surface area contributed by atoms with E-state index in [0.717, 1.165) is 118 Å². The molecule has 0 bridgehead atoms. The Morgan fingerprint density at radius 1 is 0.983 bits per heavy atom. The molecule has 13 nitrogen and oxygen atoms in total. The lowest BCUT2D eigenvalue weighted by Crippen LogP contribution is -2.38. The number of benzene rings is 2. The number of likely N-dealkylation sites (tertiary alicyclic amines) is 1. The maximum atomic E-state index is 11.9. The van der Waals surface area contributed by atoms with Gasteiger partial charge in [0.15, 0.2) is 0 Å². The number of piperidine rings is 2. The molecule has 1 unspecified atom stereocenters. The fourth-order valence-corrected chi connectivity index (χ4v) is 9.31. The number of rotatable bonds is 20. The van der Waals surface area contributed by atoms with Crippen LogP contribution in [0.1, 0.15) is 91.3 Å². The van der Waals surface area contributed by atoms with Gasteiger partial charge < -0.3 is 25.1 Å². The van der Waals surface area contributed by atoms with Gasteiger partial charge in [-0.15, -0.1) is 0 Å². The normalized spacial score (nSPS) is 17.9. The van der Waals surface area contributed by atoms with E-state index in [9.17, 15) is 19.2 Å². The second-order valence-electron chi connectivity index (χ2n) is 16.0. The fraction of sp³-hybridized carbons (Fsp3) is 0.511. The predicted octanol–water partition coefficient (Wildman–Crippen LogP) is 6.03. The van der Waals surface area contributed by atoms with Crippen LogP contribution in [0.15, 0.2) is 59.6 Å². The molecule has 1 saturated carbocycles. The zero-order chi connectivity index (χ0) is 41.6. The van der Waals surface area contributed by atoms with Crippen LogP contribution in [0.4, 0.5) is 11.8 Å². The lowest BCUT2D eigenvalue weighted by Gasteiger charge is -2.33. The molecule has 2 N–H and O–H groups in total. The van der Waals surface area contributed by atoms with Gasteiger partial charge in [-0.25, -0.2) is 9.29 Å². The van der Waals surface area contributed by atoms with Crippen molar-refractivity contribution in [2.45, 2.75) is 106 Å². The monoisotopic (exact) mass is 824 g/mol. The maximum Gasteiger partial charge on any atom is 0.224 e. The molecule has 2 aliphatic heterocycles. The van der Waals surface area contributed by atoms with Crippen molar-refractivity contribution >= 4 is 54.6 Å². The van der Waals surface area contributed by atoms with Gasteiger partial charge >= 0.3 is 0 Å². The molecule has 1 atom stereocenters. The number of anilines is 2. The molecule has 2 aromatic carbocycles. The number of aldehydes is 3. The van der Waals surface area contributed by atoms with Gasteiger partial charge in [0.1, 0.15) is 36.5 Å². The summed E-state index contributed by atoms with van der Waals surface area (Å²) in [5.74, 6) is 2.30. The van der Waals surface area contributed by atoms with Crippen LogP contribution in [0.25, 0.3) is 6.08 Å². The second kappa shape index (κ2) is 22.1. The summed E-state index contributed by atoms with van der Waals surface area (Å²) in [5, 5.41) is 6.20. The van der Waals surface area contributed by atoms with Crippen molar-refractivity contribution in [2.24, 2.45) is 0 Å². The molecule has 6 rings (SSSR count). The SMILES string of the molecule is CNC(=O)CCC(C=O)N(C)Cc1cc(CN2CCC(Oc3cccc(SN4CCC(Nc5ncc(/C=C\C=O)c(N(C)C6CCCC6)n5)CC4)c3)CC2)ccc1C=O. The maximum absolute atomic E-state index is 11.9. The number of amides is 1. The van der Waals surface area contributed by atoms with E-state index >= 15 is 0 Å². The highest BCUT2D eigenvalue weighted by molar-refractivity contribution is 7.97. The van der Waals surface area contributed by atoms with E-state index in [-0.39, 0.29) is 24.5 Å². The number of hydrogen-bond donors (Lipinski definition) is 2. The number of carbonyl (C=O) groups excluding carboxylic acids is 4. The minimum Gasteiger partial charge on any atom is -0.490 e. The summed E-state index contributed by atoms with van der Waals surface area (Å²) in [6.45, 7) is 4.90. The molecule has 2 saturated heterocycles.